The van der Waals surface area contributed by atoms with Gasteiger partial charge >= 0.3 is 0 Å². The van der Waals surface area contributed by atoms with E-state index in [1.807, 2.05) is 0 Å². The number of nitrogens with two attached hydrogens (primary N) is 2. The number of nitrogens with one attached hydrogen (secondary N) is 2. The average molecular weight is 318 g/mol. The van der Waals surface area contributed by atoms with Crippen LogP contribution in [0.15, 0.2) is 24.3 Å². The Morgan fingerprint density at radius 3 is 2.39 bits per heavy atom. The monoisotopic (exact) mass is 318 g/mol. The van der Waals surface area contributed by atoms with Crippen molar-refractivity contribution >= 4 is 23.4 Å². The minimum absolute atomic E-state index is 0.0710. The first-order valence-electron chi connectivity index (χ1n) is 7.67. The number of amides is 3. The Kier molecular flexibility index (Phi) is 5.70. The first-order valence-corrected chi connectivity index (χ1v) is 7.67. The third-order valence-corrected chi connectivity index (χ3v) is 4.02. The van der Waals surface area contributed by atoms with Crippen molar-refractivity contribution in [3.8, 4) is 0 Å². The number of primary amides is 1. The van der Waals surface area contributed by atoms with E-state index in [1.54, 1.807) is 24.3 Å². The minimum Gasteiger partial charge on any atom is -0.368 e. The number of hydrogen-bond donors (Lipinski definition) is 4. The van der Waals surface area contributed by atoms with Crippen LogP contribution >= 0.6 is 0 Å². The van der Waals surface area contributed by atoms with Crippen LogP contribution in [-0.4, -0.2) is 30.3 Å². The Hall–Kier alpha value is -2.41. The number of rotatable bonds is 6. The van der Waals surface area contributed by atoms with Gasteiger partial charge in [0.25, 0.3) is 5.91 Å². The molecule has 0 bridgehead atoms. The van der Waals surface area contributed by atoms with E-state index < -0.39 is 11.8 Å². The van der Waals surface area contributed by atoms with E-state index >= 15 is 0 Å². The normalized spacial score (nSPS) is 20.0. The molecule has 0 radical (unpaired) electrons. The van der Waals surface area contributed by atoms with Crippen LogP contribution in [0.3, 0.4) is 0 Å². The maximum absolute atomic E-state index is 12.0. The SMILES string of the molecule is NC(=O)CNC(=O)c1ccc(NC(=O)C[C@@H]2CCC[C@H]2N)cc1. The van der Waals surface area contributed by atoms with Crippen molar-refractivity contribution in [2.24, 2.45) is 17.4 Å². The number of anilines is 1. The highest BCUT2D eigenvalue weighted by Crippen LogP contribution is 2.27. The van der Waals surface area contributed by atoms with Crippen LogP contribution in [0.25, 0.3) is 0 Å². The molecule has 2 rings (SSSR count). The Labute approximate surface area is 134 Å². The van der Waals surface area contributed by atoms with Crippen LogP contribution in [-0.2, 0) is 9.59 Å². The van der Waals surface area contributed by atoms with Gasteiger partial charge in [-0.15, -0.1) is 0 Å². The minimum atomic E-state index is -0.604. The lowest BCUT2D eigenvalue weighted by Gasteiger charge is -2.14. The lowest BCUT2D eigenvalue weighted by atomic mass is 10.00. The van der Waals surface area contributed by atoms with Gasteiger partial charge in [0, 0.05) is 23.7 Å². The van der Waals surface area contributed by atoms with Crippen LogP contribution in [0.2, 0.25) is 0 Å². The van der Waals surface area contributed by atoms with Gasteiger partial charge < -0.3 is 22.1 Å². The molecule has 0 heterocycles. The highest BCUT2D eigenvalue weighted by molar-refractivity contribution is 5.97. The van der Waals surface area contributed by atoms with E-state index in [1.165, 1.54) is 0 Å². The Morgan fingerprint density at radius 1 is 1.13 bits per heavy atom. The van der Waals surface area contributed by atoms with Crippen molar-refractivity contribution in [3.63, 3.8) is 0 Å². The number of hydrogen-bond acceptors (Lipinski definition) is 4. The van der Waals surface area contributed by atoms with Crippen molar-refractivity contribution in [2.75, 3.05) is 11.9 Å². The molecule has 1 aliphatic rings. The number of carbonyl (C=O) groups excluding carboxylic acids is 3. The summed E-state index contributed by atoms with van der Waals surface area (Å²) in [7, 11) is 0. The summed E-state index contributed by atoms with van der Waals surface area (Å²) >= 11 is 0. The van der Waals surface area contributed by atoms with E-state index in [0.29, 0.717) is 17.7 Å². The molecule has 23 heavy (non-hydrogen) atoms. The summed E-state index contributed by atoms with van der Waals surface area (Å²) in [6.45, 7) is -0.209. The van der Waals surface area contributed by atoms with Crippen molar-refractivity contribution in [2.45, 2.75) is 31.7 Å². The van der Waals surface area contributed by atoms with Crippen LogP contribution in [0.4, 0.5) is 5.69 Å². The molecule has 7 nitrogen and oxygen atoms in total. The van der Waals surface area contributed by atoms with Gasteiger partial charge in [-0.05, 0) is 43.0 Å². The van der Waals surface area contributed by atoms with Crippen LogP contribution in [0.5, 0.6) is 0 Å². The van der Waals surface area contributed by atoms with Gasteiger partial charge in [-0.3, -0.25) is 14.4 Å². The lowest BCUT2D eigenvalue weighted by molar-refractivity contribution is -0.117. The summed E-state index contributed by atoms with van der Waals surface area (Å²) in [4.78, 5) is 34.4. The fourth-order valence-corrected chi connectivity index (χ4v) is 2.74. The van der Waals surface area contributed by atoms with E-state index in [-0.39, 0.29) is 24.4 Å². The zero-order valence-corrected chi connectivity index (χ0v) is 12.9. The summed E-state index contributed by atoms with van der Waals surface area (Å²) in [6.07, 6.45) is 3.47. The third kappa shape index (κ3) is 5.07. The summed E-state index contributed by atoms with van der Waals surface area (Å²) in [5.41, 5.74) is 11.9. The Morgan fingerprint density at radius 2 is 1.83 bits per heavy atom. The smallest absolute Gasteiger partial charge is 0.251 e. The Bertz CT molecular complexity index is 585. The highest BCUT2D eigenvalue weighted by Gasteiger charge is 2.25. The Balaban J connectivity index is 1.85. The summed E-state index contributed by atoms with van der Waals surface area (Å²) < 4.78 is 0. The fraction of sp³-hybridized carbons (Fsp3) is 0.438. The quantitative estimate of drug-likeness (QED) is 0.603. The number of benzene rings is 1. The molecule has 0 aromatic heterocycles. The summed E-state index contributed by atoms with van der Waals surface area (Å²) in [6, 6.07) is 6.55. The van der Waals surface area contributed by atoms with Crippen LogP contribution in [0.1, 0.15) is 36.0 Å². The maximum Gasteiger partial charge on any atom is 0.251 e. The second-order valence-electron chi connectivity index (χ2n) is 5.83. The van der Waals surface area contributed by atoms with Gasteiger partial charge in [0.15, 0.2) is 0 Å². The van der Waals surface area contributed by atoms with E-state index in [0.717, 1.165) is 19.3 Å². The van der Waals surface area contributed by atoms with Crippen LogP contribution < -0.4 is 22.1 Å². The average Bonchev–Trinajstić information content (AvgIpc) is 2.90. The standard InChI is InChI=1S/C16H22N4O3/c17-13-3-1-2-11(13)8-15(22)20-12-6-4-10(5-7-12)16(23)19-9-14(18)21/h4-7,11,13H,1-3,8-9,17H2,(H2,18,21)(H,19,23)(H,20,22)/t11-,13+/m0/s1. The van der Waals surface area contributed by atoms with E-state index in [9.17, 15) is 14.4 Å². The maximum atomic E-state index is 12.0. The highest BCUT2D eigenvalue weighted by atomic mass is 16.2. The second kappa shape index (κ2) is 7.73. The summed E-state index contributed by atoms with van der Waals surface area (Å²) in [5, 5.41) is 5.20. The molecule has 124 valence electrons. The van der Waals surface area contributed by atoms with Gasteiger partial charge in [-0.1, -0.05) is 6.42 Å². The van der Waals surface area contributed by atoms with Gasteiger partial charge in [0.1, 0.15) is 0 Å². The molecular weight excluding hydrogens is 296 g/mol. The zero-order valence-electron chi connectivity index (χ0n) is 12.9. The fourth-order valence-electron chi connectivity index (χ4n) is 2.74. The van der Waals surface area contributed by atoms with Crippen molar-refractivity contribution in [1.29, 1.82) is 0 Å². The first-order chi connectivity index (χ1) is 11.0. The zero-order chi connectivity index (χ0) is 16.8. The largest absolute Gasteiger partial charge is 0.368 e. The summed E-state index contributed by atoms with van der Waals surface area (Å²) in [5.74, 6) is -0.821. The second-order valence-corrected chi connectivity index (χ2v) is 5.83. The number of carbonyl (C=O) groups is 3. The molecular formula is C16H22N4O3. The lowest BCUT2D eigenvalue weighted by Crippen LogP contribution is -2.33. The molecule has 7 heteroatoms. The van der Waals surface area contributed by atoms with E-state index in [2.05, 4.69) is 10.6 Å². The predicted octanol–water partition coefficient (Wildman–Crippen LogP) is 0.358. The van der Waals surface area contributed by atoms with Gasteiger partial charge in [0.2, 0.25) is 11.8 Å². The van der Waals surface area contributed by atoms with Crippen molar-refractivity contribution in [1.82, 2.24) is 5.32 Å². The first kappa shape index (κ1) is 17.0. The molecule has 2 atom stereocenters. The van der Waals surface area contributed by atoms with E-state index in [4.69, 9.17) is 11.5 Å². The predicted molar refractivity (Wildman–Crippen MR) is 86.5 cm³/mol. The topological polar surface area (TPSA) is 127 Å². The molecule has 1 fully saturated rings. The molecule has 6 N–H and O–H groups in total. The molecule has 3 amide bonds. The molecule has 0 spiro atoms. The third-order valence-electron chi connectivity index (χ3n) is 4.02. The van der Waals surface area contributed by atoms with Crippen LogP contribution in [0, 0.1) is 5.92 Å². The molecule has 0 aliphatic heterocycles. The molecule has 1 aromatic rings. The van der Waals surface area contributed by atoms with Gasteiger partial charge in [-0.2, -0.15) is 0 Å². The molecule has 0 unspecified atom stereocenters. The molecule has 0 saturated heterocycles. The van der Waals surface area contributed by atoms with Crippen molar-refractivity contribution < 1.29 is 14.4 Å². The molecule has 1 aromatic carbocycles. The molecule has 1 aliphatic carbocycles. The van der Waals surface area contributed by atoms with Gasteiger partial charge in [-0.25, -0.2) is 0 Å². The molecule has 1 saturated carbocycles. The van der Waals surface area contributed by atoms with Crippen molar-refractivity contribution in [3.05, 3.63) is 29.8 Å². The van der Waals surface area contributed by atoms with Gasteiger partial charge in [0.05, 0.1) is 6.54 Å².